The van der Waals surface area contributed by atoms with Crippen molar-refractivity contribution in [1.82, 2.24) is 24.1 Å². The third-order valence-electron chi connectivity index (χ3n) is 3.81. The highest BCUT2D eigenvalue weighted by Crippen LogP contribution is 2.26. The summed E-state index contributed by atoms with van der Waals surface area (Å²) in [6.45, 7) is 1.06. The molecular weight excluding hydrogens is 318 g/mol. The van der Waals surface area contributed by atoms with E-state index in [9.17, 15) is 0 Å². The Morgan fingerprint density at radius 3 is 2.92 bits per heavy atom. The molecule has 3 aromatic heterocycles. The lowest BCUT2D eigenvalue weighted by Crippen LogP contribution is -2.04. The first-order valence-electron chi connectivity index (χ1n) is 7.91. The minimum atomic E-state index is 0.509. The van der Waals surface area contributed by atoms with Crippen LogP contribution in [0.4, 0.5) is 0 Å². The molecule has 0 amide bonds. The van der Waals surface area contributed by atoms with Gasteiger partial charge in [-0.05, 0) is 18.2 Å². The molecule has 126 valence electrons. The first-order valence-corrected chi connectivity index (χ1v) is 7.91. The molecule has 7 heteroatoms. The largest absolute Gasteiger partial charge is 0.491 e. The summed E-state index contributed by atoms with van der Waals surface area (Å²) in [6.07, 6.45) is 9.07. The van der Waals surface area contributed by atoms with Crippen molar-refractivity contribution in [2.75, 3.05) is 20.3 Å². The Morgan fingerprint density at radius 2 is 2.00 bits per heavy atom. The molecule has 0 saturated carbocycles. The van der Waals surface area contributed by atoms with Crippen molar-refractivity contribution >= 4 is 5.65 Å². The van der Waals surface area contributed by atoms with Crippen molar-refractivity contribution in [2.45, 2.75) is 0 Å². The highest BCUT2D eigenvalue weighted by molar-refractivity contribution is 5.73. The molecule has 25 heavy (non-hydrogen) atoms. The second-order valence-corrected chi connectivity index (χ2v) is 5.41. The molecule has 0 aliphatic carbocycles. The zero-order valence-corrected chi connectivity index (χ0v) is 13.7. The SMILES string of the molecule is COCCOc1cccc(-n2ccnc2-c2cnn3cccnc23)c1. The maximum absolute atomic E-state index is 5.70. The fourth-order valence-electron chi connectivity index (χ4n) is 2.66. The maximum atomic E-state index is 5.70. The van der Waals surface area contributed by atoms with Gasteiger partial charge in [-0.25, -0.2) is 14.5 Å². The van der Waals surface area contributed by atoms with Crippen molar-refractivity contribution in [1.29, 1.82) is 0 Å². The minimum Gasteiger partial charge on any atom is -0.491 e. The predicted octanol–water partition coefficient (Wildman–Crippen LogP) is 2.61. The minimum absolute atomic E-state index is 0.509. The van der Waals surface area contributed by atoms with Gasteiger partial charge in [0.2, 0.25) is 0 Å². The van der Waals surface area contributed by atoms with Crippen molar-refractivity contribution in [3.63, 3.8) is 0 Å². The van der Waals surface area contributed by atoms with Crippen LogP contribution in [0.25, 0.3) is 22.7 Å². The van der Waals surface area contributed by atoms with Gasteiger partial charge in [-0.2, -0.15) is 5.10 Å². The van der Waals surface area contributed by atoms with Crippen molar-refractivity contribution < 1.29 is 9.47 Å². The van der Waals surface area contributed by atoms with Crippen molar-refractivity contribution in [2.24, 2.45) is 0 Å². The smallest absolute Gasteiger partial charge is 0.165 e. The van der Waals surface area contributed by atoms with Gasteiger partial charge in [0.05, 0.1) is 24.1 Å². The summed E-state index contributed by atoms with van der Waals surface area (Å²) in [4.78, 5) is 8.91. The molecule has 4 aromatic rings. The van der Waals surface area contributed by atoms with Gasteiger partial charge < -0.3 is 9.47 Å². The molecule has 0 N–H and O–H groups in total. The van der Waals surface area contributed by atoms with E-state index in [2.05, 4.69) is 15.1 Å². The number of ether oxygens (including phenoxy) is 2. The second-order valence-electron chi connectivity index (χ2n) is 5.41. The zero-order chi connectivity index (χ0) is 17.1. The summed E-state index contributed by atoms with van der Waals surface area (Å²) in [5.74, 6) is 1.56. The van der Waals surface area contributed by atoms with Crippen LogP contribution in [0, 0.1) is 0 Å². The monoisotopic (exact) mass is 335 g/mol. The van der Waals surface area contributed by atoms with E-state index in [1.165, 1.54) is 0 Å². The lowest BCUT2D eigenvalue weighted by molar-refractivity contribution is 0.146. The van der Waals surface area contributed by atoms with Crippen LogP contribution in [0.1, 0.15) is 0 Å². The van der Waals surface area contributed by atoms with Crippen LogP contribution in [0.3, 0.4) is 0 Å². The summed E-state index contributed by atoms with van der Waals surface area (Å²) in [6, 6.07) is 9.70. The number of aromatic nitrogens is 5. The molecule has 4 rings (SSSR count). The number of hydrogen-bond donors (Lipinski definition) is 0. The van der Waals surface area contributed by atoms with E-state index in [0.717, 1.165) is 28.5 Å². The molecule has 0 aliphatic heterocycles. The van der Waals surface area contributed by atoms with Gasteiger partial charge in [-0.15, -0.1) is 0 Å². The van der Waals surface area contributed by atoms with Crippen LogP contribution in [0.2, 0.25) is 0 Å². The third kappa shape index (κ3) is 2.97. The molecule has 0 radical (unpaired) electrons. The predicted molar refractivity (Wildman–Crippen MR) is 92.9 cm³/mol. The van der Waals surface area contributed by atoms with Crippen LogP contribution < -0.4 is 4.74 Å². The molecule has 0 unspecified atom stereocenters. The maximum Gasteiger partial charge on any atom is 0.165 e. The Kier molecular flexibility index (Phi) is 4.14. The van der Waals surface area contributed by atoms with E-state index in [0.29, 0.717) is 13.2 Å². The first kappa shape index (κ1) is 15.3. The second kappa shape index (κ2) is 6.74. The average molecular weight is 335 g/mol. The number of methoxy groups -OCH3 is 1. The van der Waals surface area contributed by atoms with Crippen molar-refractivity contribution in [3.8, 4) is 22.8 Å². The number of imidazole rings is 1. The number of hydrogen-bond acceptors (Lipinski definition) is 5. The van der Waals surface area contributed by atoms with Gasteiger partial charge in [0.15, 0.2) is 5.65 Å². The van der Waals surface area contributed by atoms with Crippen LogP contribution in [0.15, 0.2) is 61.3 Å². The molecule has 0 saturated heterocycles. The van der Waals surface area contributed by atoms with Gasteiger partial charge in [-0.1, -0.05) is 6.07 Å². The number of benzene rings is 1. The van der Waals surface area contributed by atoms with Gasteiger partial charge in [0.1, 0.15) is 18.2 Å². The number of rotatable bonds is 6. The van der Waals surface area contributed by atoms with Gasteiger partial charge in [0, 0.05) is 38.0 Å². The van der Waals surface area contributed by atoms with Gasteiger partial charge >= 0.3 is 0 Å². The van der Waals surface area contributed by atoms with Gasteiger partial charge in [-0.3, -0.25) is 4.57 Å². The van der Waals surface area contributed by atoms with E-state index >= 15 is 0 Å². The summed E-state index contributed by atoms with van der Waals surface area (Å²) < 4.78 is 14.4. The molecule has 0 fully saturated rings. The Labute approximate surface area is 144 Å². The number of nitrogens with zero attached hydrogens (tertiary/aromatic N) is 5. The fraction of sp³-hybridized carbons (Fsp3) is 0.167. The van der Waals surface area contributed by atoms with Crippen LogP contribution in [-0.2, 0) is 4.74 Å². The van der Waals surface area contributed by atoms with Crippen LogP contribution >= 0.6 is 0 Å². The lowest BCUT2D eigenvalue weighted by Gasteiger charge is -2.10. The molecule has 7 nitrogen and oxygen atoms in total. The zero-order valence-electron chi connectivity index (χ0n) is 13.7. The highest BCUT2D eigenvalue weighted by Gasteiger charge is 2.14. The van der Waals surface area contributed by atoms with E-state index in [1.807, 2.05) is 47.3 Å². The van der Waals surface area contributed by atoms with Crippen molar-refractivity contribution in [3.05, 3.63) is 61.3 Å². The normalized spacial score (nSPS) is 11.1. The highest BCUT2D eigenvalue weighted by atomic mass is 16.5. The summed E-state index contributed by atoms with van der Waals surface area (Å²) in [7, 11) is 1.65. The standard InChI is InChI=1S/C18H17N5O2/c1-24-10-11-25-15-5-2-4-14(12-15)22-9-7-20-17(22)16-13-21-23-8-3-6-19-18(16)23/h2-9,12-13H,10-11H2,1H3. The van der Waals surface area contributed by atoms with E-state index in [-0.39, 0.29) is 0 Å². The Bertz CT molecular complexity index is 992. The molecule has 3 heterocycles. The summed E-state index contributed by atoms with van der Waals surface area (Å²) >= 11 is 0. The Morgan fingerprint density at radius 1 is 1.04 bits per heavy atom. The Hall–Kier alpha value is -3.19. The first-order chi connectivity index (χ1) is 12.4. The summed E-state index contributed by atoms with van der Waals surface area (Å²) in [5.41, 5.74) is 2.59. The number of fused-ring (bicyclic) bond motifs is 1. The van der Waals surface area contributed by atoms with Crippen LogP contribution in [0.5, 0.6) is 5.75 Å². The lowest BCUT2D eigenvalue weighted by atomic mass is 10.2. The van der Waals surface area contributed by atoms with E-state index in [4.69, 9.17) is 9.47 Å². The topological polar surface area (TPSA) is 66.5 Å². The molecule has 0 spiro atoms. The fourth-order valence-corrected chi connectivity index (χ4v) is 2.66. The average Bonchev–Trinajstić information content (AvgIpc) is 3.29. The molecular formula is C18H17N5O2. The van der Waals surface area contributed by atoms with E-state index < -0.39 is 0 Å². The van der Waals surface area contributed by atoms with E-state index in [1.54, 1.807) is 30.2 Å². The van der Waals surface area contributed by atoms with Crippen LogP contribution in [-0.4, -0.2) is 44.5 Å². The molecule has 1 aromatic carbocycles. The quantitative estimate of drug-likeness (QED) is 0.507. The summed E-state index contributed by atoms with van der Waals surface area (Å²) in [5, 5.41) is 4.34. The molecule has 0 atom stereocenters. The van der Waals surface area contributed by atoms with Gasteiger partial charge in [0.25, 0.3) is 0 Å². The third-order valence-corrected chi connectivity index (χ3v) is 3.81. The molecule has 0 bridgehead atoms. The molecule has 0 aliphatic rings. The Balaban J connectivity index is 1.71.